The van der Waals surface area contributed by atoms with Gasteiger partial charge >= 0.3 is 0 Å². The number of nitriles is 1. The number of anilines is 1. The average molecular weight is 261 g/mol. The van der Waals surface area contributed by atoms with Crippen LogP contribution in [0.25, 0.3) is 0 Å². The molecule has 0 spiro atoms. The van der Waals surface area contributed by atoms with Gasteiger partial charge in [-0.2, -0.15) is 5.26 Å². The van der Waals surface area contributed by atoms with E-state index in [1.165, 1.54) is 25.1 Å². The van der Waals surface area contributed by atoms with Gasteiger partial charge in [0.05, 0.1) is 16.8 Å². The zero-order valence-corrected chi connectivity index (χ0v) is 9.88. The molecule has 0 aliphatic carbocycles. The molecule has 1 aromatic carbocycles. The predicted molar refractivity (Wildman–Crippen MR) is 60.7 cm³/mol. The van der Waals surface area contributed by atoms with Crippen LogP contribution in [0.5, 0.6) is 5.75 Å². The van der Waals surface area contributed by atoms with E-state index in [-0.39, 0.29) is 16.5 Å². The highest BCUT2D eigenvalue weighted by atomic mass is 35.5. The van der Waals surface area contributed by atoms with Gasteiger partial charge in [0.25, 0.3) is 0 Å². The van der Waals surface area contributed by atoms with E-state index in [2.05, 4.69) is 4.72 Å². The number of nitrogens with one attached hydrogen (secondary N) is 1. The van der Waals surface area contributed by atoms with E-state index in [9.17, 15) is 13.5 Å². The molecular formula is C9H9ClN2O3S. The van der Waals surface area contributed by atoms with Crippen LogP contribution in [0.15, 0.2) is 18.2 Å². The average Bonchev–Trinajstić information content (AvgIpc) is 2.22. The Morgan fingerprint density at radius 2 is 2.19 bits per heavy atom. The summed E-state index contributed by atoms with van der Waals surface area (Å²) in [5.74, 6) is -0.230. The third-order valence-corrected chi connectivity index (χ3v) is 3.73. The number of halogens is 1. The first kappa shape index (κ1) is 12.6. The number of sulfonamides is 1. The van der Waals surface area contributed by atoms with Gasteiger partial charge in [-0.25, -0.2) is 8.42 Å². The van der Waals surface area contributed by atoms with Crippen LogP contribution in [0.1, 0.15) is 6.92 Å². The lowest BCUT2D eigenvalue weighted by molar-refractivity contribution is 0.476. The predicted octanol–water partition coefficient (Wildman–Crippen LogP) is 1.70. The minimum Gasteiger partial charge on any atom is -0.506 e. The summed E-state index contributed by atoms with van der Waals surface area (Å²) in [7, 11) is -3.76. The Labute approximate surface area is 98.3 Å². The number of phenolic OH excluding ortho intramolecular Hbond substituents is 1. The SMILES string of the molecule is CC(C#N)S(=O)(=O)Nc1ccc(Cl)c(O)c1. The van der Waals surface area contributed by atoms with Gasteiger partial charge in [0, 0.05) is 6.07 Å². The Balaban J connectivity index is 2.98. The second-order valence-corrected chi connectivity index (χ2v) is 5.49. The molecule has 0 radical (unpaired) electrons. The third-order valence-electron chi connectivity index (χ3n) is 1.85. The molecule has 0 saturated carbocycles. The van der Waals surface area contributed by atoms with Crippen LogP contribution in [0.4, 0.5) is 5.69 Å². The summed E-state index contributed by atoms with van der Waals surface area (Å²) in [5, 5.41) is 16.7. The molecule has 0 fully saturated rings. The fourth-order valence-corrected chi connectivity index (χ4v) is 1.79. The quantitative estimate of drug-likeness (QED) is 0.865. The van der Waals surface area contributed by atoms with Crippen LogP contribution < -0.4 is 4.72 Å². The Bertz CT molecular complexity index is 536. The number of benzene rings is 1. The van der Waals surface area contributed by atoms with Crippen molar-refractivity contribution < 1.29 is 13.5 Å². The van der Waals surface area contributed by atoms with E-state index in [1.54, 1.807) is 6.07 Å². The smallest absolute Gasteiger partial charge is 0.248 e. The molecule has 5 nitrogen and oxygen atoms in total. The molecule has 7 heteroatoms. The van der Waals surface area contributed by atoms with E-state index >= 15 is 0 Å². The van der Waals surface area contributed by atoms with Crippen LogP contribution in [-0.2, 0) is 10.0 Å². The van der Waals surface area contributed by atoms with Crippen molar-refractivity contribution >= 4 is 27.3 Å². The lowest BCUT2D eigenvalue weighted by Gasteiger charge is -2.09. The molecular weight excluding hydrogens is 252 g/mol. The molecule has 1 atom stereocenters. The Morgan fingerprint density at radius 1 is 1.56 bits per heavy atom. The summed E-state index contributed by atoms with van der Waals surface area (Å²) in [6.07, 6.45) is 0. The molecule has 0 aliphatic rings. The monoisotopic (exact) mass is 260 g/mol. The minimum atomic E-state index is -3.76. The van der Waals surface area contributed by atoms with Crippen molar-refractivity contribution in [2.24, 2.45) is 0 Å². The summed E-state index contributed by atoms with van der Waals surface area (Å²) in [5.41, 5.74) is 0.156. The van der Waals surface area contributed by atoms with Crippen molar-refractivity contribution in [3.8, 4) is 11.8 Å². The molecule has 86 valence electrons. The summed E-state index contributed by atoms with van der Waals surface area (Å²) >= 11 is 5.56. The van der Waals surface area contributed by atoms with Gasteiger partial charge < -0.3 is 5.11 Å². The standard InChI is InChI=1S/C9H9ClN2O3S/c1-6(5-11)16(14,15)12-7-2-3-8(10)9(13)4-7/h2-4,6,12-13H,1H3. The molecule has 0 amide bonds. The molecule has 0 aromatic heterocycles. The lowest BCUT2D eigenvalue weighted by atomic mass is 10.3. The molecule has 1 unspecified atom stereocenters. The second-order valence-electron chi connectivity index (χ2n) is 3.08. The molecule has 0 aliphatic heterocycles. The van der Waals surface area contributed by atoms with Gasteiger partial charge in [-0.1, -0.05) is 11.6 Å². The van der Waals surface area contributed by atoms with E-state index in [0.717, 1.165) is 0 Å². The molecule has 1 rings (SSSR count). The van der Waals surface area contributed by atoms with Crippen LogP contribution >= 0.6 is 11.6 Å². The molecule has 2 N–H and O–H groups in total. The zero-order valence-electron chi connectivity index (χ0n) is 8.31. The number of hydrogen-bond donors (Lipinski definition) is 2. The Hall–Kier alpha value is -1.45. The molecule has 0 saturated heterocycles. The van der Waals surface area contributed by atoms with Gasteiger partial charge in [0.15, 0.2) is 5.25 Å². The highest BCUT2D eigenvalue weighted by molar-refractivity contribution is 7.93. The van der Waals surface area contributed by atoms with Crippen molar-refractivity contribution in [2.45, 2.75) is 12.2 Å². The van der Waals surface area contributed by atoms with Gasteiger partial charge in [-0.05, 0) is 19.1 Å². The van der Waals surface area contributed by atoms with Crippen LogP contribution in [0.3, 0.4) is 0 Å². The first-order chi connectivity index (χ1) is 7.36. The number of hydrogen-bond acceptors (Lipinski definition) is 4. The van der Waals surface area contributed by atoms with E-state index in [4.69, 9.17) is 16.9 Å². The second kappa shape index (κ2) is 4.60. The minimum absolute atomic E-state index is 0.122. The number of nitrogens with zero attached hydrogens (tertiary/aromatic N) is 1. The van der Waals surface area contributed by atoms with Crippen LogP contribution in [0, 0.1) is 11.3 Å². The van der Waals surface area contributed by atoms with Crippen LogP contribution in [0.2, 0.25) is 5.02 Å². The Kier molecular flexibility index (Phi) is 3.62. The van der Waals surface area contributed by atoms with Crippen molar-refractivity contribution in [1.29, 1.82) is 5.26 Å². The number of rotatable bonds is 3. The lowest BCUT2D eigenvalue weighted by Crippen LogP contribution is -2.23. The maximum absolute atomic E-state index is 11.5. The fraction of sp³-hybridized carbons (Fsp3) is 0.222. The van der Waals surface area contributed by atoms with E-state index in [1.807, 2.05) is 0 Å². The first-order valence-corrected chi connectivity index (χ1v) is 6.19. The molecule has 0 heterocycles. The van der Waals surface area contributed by atoms with Gasteiger partial charge in [-0.15, -0.1) is 0 Å². The molecule has 16 heavy (non-hydrogen) atoms. The van der Waals surface area contributed by atoms with E-state index < -0.39 is 15.3 Å². The summed E-state index contributed by atoms with van der Waals surface area (Å²) in [6.45, 7) is 1.26. The van der Waals surface area contributed by atoms with Crippen molar-refractivity contribution in [3.05, 3.63) is 23.2 Å². The highest BCUT2D eigenvalue weighted by Crippen LogP contribution is 2.26. The maximum Gasteiger partial charge on any atom is 0.248 e. The highest BCUT2D eigenvalue weighted by Gasteiger charge is 2.20. The molecule has 1 aromatic rings. The first-order valence-electron chi connectivity index (χ1n) is 4.26. The maximum atomic E-state index is 11.5. The molecule has 0 bridgehead atoms. The normalized spacial score (nSPS) is 12.8. The van der Waals surface area contributed by atoms with Crippen molar-refractivity contribution in [3.63, 3.8) is 0 Å². The van der Waals surface area contributed by atoms with Gasteiger partial charge in [0.1, 0.15) is 5.75 Å². The number of aromatic hydroxyl groups is 1. The van der Waals surface area contributed by atoms with Gasteiger partial charge in [-0.3, -0.25) is 4.72 Å². The topological polar surface area (TPSA) is 90.2 Å². The van der Waals surface area contributed by atoms with Crippen molar-refractivity contribution in [1.82, 2.24) is 0 Å². The van der Waals surface area contributed by atoms with Gasteiger partial charge in [0.2, 0.25) is 10.0 Å². The van der Waals surface area contributed by atoms with E-state index in [0.29, 0.717) is 0 Å². The Morgan fingerprint density at radius 3 is 2.69 bits per heavy atom. The zero-order chi connectivity index (χ0) is 12.3. The summed E-state index contributed by atoms with van der Waals surface area (Å²) < 4.78 is 25.1. The largest absolute Gasteiger partial charge is 0.506 e. The van der Waals surface area contributed by atoms with Crippen LogP contribution in [-0.4, -0.2) is 18.8 Å². The summed E-state index contributed by atoms with van der Waals surface area (Å²) in [6, 6.07) is 5.53. The third kappa shape index (κ3) is 2.78. The number of phenols is 1. The van der Waals surface area contributed by atoms with Crippen molar-refractivity contribution in [2.75, 3.05) is 4.72 Å². The summed E-state index contributed by atoms with van der Waals surface area (Å²) in [4.78, 5) is 0. The fourth-order valence-electron chi connectivity index (χ4n) is 0.898.